The highest BCUT2D eigenvalue weighted by Crippen LogP contribution is 2.37. The first-order valence-corrected chi connectivity index (χ1v) is 8.96. The van der Waals surface area contributed by atoms with Gasteiger partial charge in [0.1, 0.15) is 5.75 Å². The summed E-state index contributed by atoms with van der Waals surface area (Å²) in [5, 5.41) is 10.6. The minimum Gasteiger partial charge on any atom is -0.494 e. The molecule has 0 atom stereocenters. The van der Waals surface area contributed by atoms with Crippen LogP contribution in [0.1, 0.15) is 34.7 Å². The van der Waals surface area contributed by atoms with Crippen molar-refractivity contribution < 1.29 is 23.8 Å². The maximum atomic E-state index is 12.6. The van der Waals surface area contributed by atoms with Gasteiger partial charge in [-0.1, -0.05) is 5.21 Å². The quantitative estimate of drug-likeness (QED) is 0.641. The third-order valence-electron chi connectivity index (χ3n) is 4.28. The molecule has 9 nitrogen and oxygen atoms in total. The standard InChI is InChI=1S/C20H18N4O5/c1-3-27-14-6-4-13(5-7-14)24-10-17(22-23-24)20(26)21-16-9-19-18(28-11-29-19)8-15(16)12(2)25/h4-10H,3,11H2,1-2H3,(H,21,26). The Morgan fingerprint density at radius 3 is 2.59 bits per heavy atom. The number of hydrogen-bond donors (Lipinski definition) is 1. The fourth-order valence-electron chi connectivity index (χ4n) is 2.88. The van der Waals surface area contributed by atoms with Gasteiger partial charge < -0.3 is 19.5 Å². The molecule has 1 aliphatic rings. The van der Waals surface area contributed by atoms with Crippen molar-refractivity contribution in [2.24, 2.45) is 0 Å². The number of carbonyl (C=O) groups is 2. The molecule has 9 heteroatoms. The molecule has 2 heterocycles. The van der Waals surface area contributed by atoms with E-state index >= 15 is 0 Å². The molecule has 29 heavy (non-hydrogen) atoms. The van der Waals surface area contributed by atoms with Crippen molar-refractivity contribution in [3.63, 3.8) is 0 Å². The summed E-state index contributed by atoms with van der Waals surface area (Å²) in [6.07, 6.45) is 1.51. The zero-order valence-electron chi connectivity index (χ0n) is 15.8. The molecule has 3 aromatic rings. The molecule has 0 saturated carbocycles. The minimum atomic E-state index is -0.497. The van der Waals surface area contributed by atoms with E-state index in [2.05, 4.69) is 15.6 Å². The number of Topliss-reactive ketones (excluding diaryl/α,β-unsaturated/α-hetero) is 1. The fourth-order valence-corrected chi connectivity index (χ4v) is 2.88. The van der Waals surface area contributed by atoms with E-state index in [9.17, 15) is 9.59 Å². The van der Waals surface area contributed by atoms with E-state index in [1.165, 1.54) is 17.8 Å². The number of nitrogens with zero attached hydrogens (tertiary/aromatic N) is 3. The predicted molar refractivity (Wildman–Crippen MR) is 103 cm³/mol. The molecule has 1 amide bonds. The summed E-state index contributed by atoms with van der Waals surface area (Å²) in [6, 6.07) is 10.4. The first-order valence-electron chi connectivity index (χ1n) is 8.96. The number of anilines is 1. The second-order valence-electron chi connectivity index (χ2n) is 6.24. The van der Waals surface area contributed by atoms with Crippen molar-refractivity contribution >= 4 is 17.4 Å². The summed E-state index contributed by atoms with van der Waals surface area (Å²) < 4.78 is 17.5. The molecule has 0 spiro atoms. The Balaban J connectivity index is 1.55. The Morgan fingerprint density at radius 1 is 1.17 bits per heavy atom. The molecule has 4 rings (SSSR count). The lowest BCUT2D eigenvalue weighted by molar-refractivity contribution is 0.101. The highest BCUT2D eigenvalue weighted by molar-refractivity contribution is 6.08. The third-order valence-corrected chi connectivity index (χ3v) is 4.28. The zero-order valence-corrected chi connectivity index (χ0v) is 15.8. The van der Waals surface area contributed by atoms with E-state index in [4.69, 9.17) is 14.2 Å². The van der Waals surface area contributed by atoms with E-state index in [1.54, 1.807) is 12.1 Å². The minimum absolute atomic E-state index is 0.0699. The van der Waals surface area contributed by atoms with Crippen LogP contribution in [0.25, 0.3) is 5.69 Å². The van der Waals surface area contributed by atoms with Crippen LogP contribution in [0.5, 0.6) is 17.2 Å². The van der Waals surface area contributed by atoms with E-state index in [1.807, 2.05) is 31.2 Å². The summed E-state index contributed by atoms with van der Waals surface area (Å²) in [5.74, 6) is 0.965. The van der Waals surface area contributed by atoms with Crippen LogP contribution < -0.4 is 19.5 Å². The normalized spacial score (nSPS) is 11.9. The number of ether oxygens (including phenoxy) is 3. The van der Waals surface area contributed by atoms with E-state index in [0.717, 1.165) is 11.4 Å². The summed E-state index contributed by atoms with van der Waals surface area (Å²) >= 11 is 0. The largest absolute Gasteiger partial charge is 0.494 e. The van der Waals surface area contributed by atoms with Crippen LogP contribution in [0.15, 0.2) is 42.6 Å². The maximum absolute atomic E-state index is 12.6. The van der Waals surface area contributed by atoms with E-state index < -0.39 is 5.91 Å². The average molecular weight is 394 g/mol. The third kappa shape index (κ3) is 3.75. The molecule has 0 saturated heterocycles. The number of ketones is 1. The molecule has 0 aliphatic carbocycles. The smallest absolute Gasteiger partial charge is 0.277 e. The number of rotatable bonds is 6. The van der Waals surface area contributed by atoms with Crippen LogP contribution in [0.2, 0.25) is 0 Å². The molecule has 1 N–H and O–H groups in total. The van der Waals surface area contributed by atoms with Crippen molar-refractivity contribution in [3.05, 3.63) is 53.9 Å². The van der Waals surface area contributed by atoms with Gasteiger partial charge in [0.2, 0.25) is 6.79 Å². The van der Waals surface area contributed by atoms with Crippen molar-refractivity contribution in [2.75, 3.05) is 18.7 Å². The highest BCUT2D eigenvalue weighted by Gasteiger charge is 2.21. The van der Waals surface area contributed by atoms with Crippen LogP contribution in [-0.4, -0.2) is 40.1 Å². The molecular formula is C20H18N4O5. The first kappa shape index (κ1) is 18.5. The Labute approximate surface area is 166 Å². The molecule has 2 aromatic carbocycles. The predicted octanol–water partition coefficient (Wildman–Crippen LogP) is 2.85. The van der Waals surface area contributed by atoms with Crippen LogP contribution in [-0.2, 0) is 0 Å². The van der Waals surface area contributed by atoms with Crippen molar-refractivity contribution in [3.8, 4) is 22.9 Å². The topological polar surface area (TPSA) is 105 Å². The number of aromatic nitrogens is 3. The van der Waals surface area contributed by atoms with Crippen LogP contribution in [0.4, 0.5) is 5.69 Å². The van der Waals surface area contributed by atoms with Gasteiger partial charge in [0, 0.05) is 11.6 Å². The molecule has 0 unspecified atom stereocenters. The highest BCUT2D eigenvalue weighted by atomic mass is 16.7. The van der Waals surface area contributed by atoms with Gasteiger partial charge >= 0.3 is 0 Å². The van der Waals surface area contributed by atoms with Gasteiger partial charge in [0.05, 0.1) is 24.2 Å². The number of hydrogen-bond acceptors (Lipinski definition) is 7. The average Bonchev–Trinajstić information content (AvgIpc) is 3.37. The zero-order chi connectivity index (χ0) is 20.4. The van der Waals surface area contributed by atoms with E-state index in [0.29, 0.717) is 29.4 Å². The Bertz CT molecular complexity index is 1070. The lowest BCUT2D eigenvalue weighted by atomic mass is 10.1. The Kier molecular flexibility index (Phi) is 4.86. The number of carbonyl (C=O) groups excluding carboxylic acids is 2. The maximum Gasteiger partial charge on any atom is 0.277 e. The van der Waals surface area contributed by atoms with E-state index in [-0.39, 0.29) is 18.3 Å². The fraction of sp³-hybridized carbons (Fsp3) is 0.200. The van der Waals surface area contributed by atoms with Crippen molar-refractivity contribution in [1.29, 1.82) is 0 Å². The van der Waals surface area contributed by atoms with Crippen LogP contribution in [0.3, 0.4) is 0 Å². The van der Waals surface area contributed by atoms with Gasteiger partial charge in [-0.25, -0.2) is 4.68 Å². The Morgan fingerprint density at radius 2 is 1.90 bits per heavy atom. The molecular weight excluding hydrogens is 376 g/mol. The monoisotopic (exact) mass is 394 g/mol. The SMILES string of the molecule is CCOc1ccc(-n2cc(C(=O)Nc3cc4c(cc3C(C)=O)OCO4)nn2)cc1. The number of benzene rings is 2. The summed E-state index contributed by atoms with van der Waals surface area (Å²) in [5.41, 5.74) is 1.47. The molecule has 1 aliphatic heterocycles. The Hall–Kier alpha value is -3.88. The van der Waals surface area contributed by atoms with Gasteiger partial charge in [-0.15, -0.1) is 5.10 Å². The molecule has 0 radical (unpaired) electrons. The molecule has 0 bridgehead atoms. The van der Waals surface area contributed by atoms with Gasteiger partial charge in [0.15, 0.2) is 23.0 Å². The lowest BCUT2D eigenvalue weighted by Crippen LogP contribution is -2.15. The van der Waals surface area contributed by atoms with Gasteiger partial charge in [-0.05, 0) is 44.2 Å². The van der Waals surface area contributed by atoms with Crippen molar-refractivity contribution in [2.45, 2.75) is 13.8 Å². The van der Waals surface area contributed by atoms with Crippen LogP contribution in [0, 0.1) is 0 Å². The number of nitrogens with one attached hydrogen (secondary N) is 1. The second kappa shape index (κ2) is 7.63. The molecule has 1 aromatic heterocycles. The summed E-state index contributed by atoms with van der Waals surface area (Å²) in [4.78, 5) is 24.6. The van der Waals surface area contributed by atoms with Gasteiger partial charge in [-0.2, -0.15) is 0 Å². The first-order chi connectivity index (χ1) is 14.0. The molecule has 0 fully saturated rings. The summed E-state index contributed by atoms with van der Waals surface area (Å²) in [6.45, 7) is 3.97. The van der Waals surface area contributed by atoms with Gasteiger partial charge in [0.25, 0.3) is 5.91 Å². The van der Waals surface area contributed by atoms with Gasteiger partial charge in [-0.3, -0.25) is 9.59 Å². The van der Waals surface area contributed by atoms with Crippen molar-refractivity contribution in [1.82, 2.24) is 15.0 Å². The number of amides is 1. The number of fused-ring (bicyclic) bond motifs is 1. The second-order valence-corrected chi connectivity index (χ2v) is 6.24. The lowest BCUT2D eigenvalue weighted by Gasteiger charge is -2.09. The summed E-state index contributed by atoms with van der Waals surface area (Å²) in [7, 11) is 0. The molecule has 148 valence electrons. The van der Waals surface area contributed by atoms with Crippen LogP contribution >= 0.6 is 0 Å².